The van der Waals surface area contributed by atoms with Gasteiger partial charge in [0.2, 0.25) is 0 Å². The Morgan fingerprint density at radius 3 is 2.54 bits per heavy atom. The molecule has 0 aliphatic rings. The van der Waals surface area contributed by atoms with E-state index in [1.165, 1.54) is 12.1 Å². The lowest BCUT2D eigenvalue weighted by molar-refractivity contribution is 0.448. The Kier molecular flexibility index (Phi) is 4.01. The number of nitrogens with one attached hydrogen (secondary N) is 1. The largest absolute Gasteiger partial charge is 0.507 e. The van der Waals surface area contributed by atoms with Crippen molar-refractivity contribution in [1.82, 2.24) is 9.97 Å². The summed E-state index contributed by atoms with van der Waals surface area (Å²) in [5.74, 6) is 0.770. The second kappa shape index (κ2) is 6.00. The van der Waals surface area contributed by atoms with E-state index < -0.39 is 0 Å². The summed E-state index contributed by atoms with van der Waals surface area (Å²) in [6.07, 6.45) is 4.12. The van der Waals surface area contributed by atoms with Crippen molar-refractivity contribution in [2.75, 3.05) is 0 Å². The van der Waals surface area contributed by atoms with Crippen LogP contribution in [0.2, 0.25) is 0 Å². The molecule has 0 amide bonds. The second-order valence-electron chi connectivity index (χ2n) is 5.94. The molecule has 4 nitrogen and oxygen atoms in total. The minimum Gasteiger partial charge on any atom is -0.507 e. The van der Waals surface area contributed by atoms with Crippen molar-refractivity contribution in [3.63, 3.8) is 0 Å². The van der Waals surface area contributed by atoms with E-state index >= 15 is 0 Å². The molecule has 0 bridgehead atoms. The van der Waals surface area contributed by atoms with Gasteiger partial charge in [0, 0.05) is 17.5 Å². The molecule has 0 aliphatic heterocycles. The highest BCUT2D eigenvalue weighted by Gasteiger charge is 2.14. The van der Waals surface area contributed by atoms with E-state index in [1.54, 1.807) is 32.9 Å². The number of phenols is 2. The fourth-order valence-electron chi connectivity index (χ4n) is 2.77. The van der Waals surface area contributed by atoms with Crippen molar-refractivity contribution in [3.8, 4) is 11.5 Å². The molecule has 3 rings (SSSR count). The quantitative estimate of drug-likeness (QED) is 0.629. The number of hydrogen-bond acceptors (Lipinski definition) is 3. The lowest BCUT2D eigenvalue weighted by Crippen LogP contribution is -1.92. The number of phenolic OH excluding ortho intramolecular Hbond substituents is 2. The van der Waals surface area contributed by atoms with Crippen LogP contribution < -0.4 is 0 Å². The standard InChI is InChI=1S/C19H19FN2O2/c1-10-11(2)19(24)14(12(3)18(10)23)5-4-6-17-21-15-8-7-13(20)9-16(15)22-17/h4-5,7-9,23-24H,6H2,1-3H3,(H,21,22)/b5-4+. The third-order valence-corrected chi connectivity index (χ3v) is 4.38. The number of H-pyrrole nitrogens is 1. The third kappa shape index (κ3) is 2.73. The molecule has 0 saturated carbocycles. The molecule has 0 aliphatic carbocycles. The molecule has 2 aromatic carbocycles. The molecule has 24 heavy (non-hydrogen) atoms. The lowest BCUT2D eigenvalue weighted by atomic mass is 9.97. The van der Waals surface area contributed by atoms with Gasteiger partial charge in [-0.05, 0) is 50.1 Å². The van der Waals surface area contributed by atoms with Crippen molar-refractivity contribution < 1.29 is 14.6 Å². The van der Waals surface area contributed by atoms with Gasteiger partial charge in [0.15, 0.2) is 0 Å². The zero-order valence-corrected chi connectivity index (χ0v) is 13.8. The first-order valence-electron chi connectivity index (χ1n) is 7.71. The Morgan fingerprint density at radius 2 is 1.79 bits per heavy atom. The van der Waals surface area contributed by atoms with Crippen LogP contribution in [-0.2, 0) is 6.42 Å². The van der Waals surface area contributed by atoms with E-state index in [1.807, 2.05) is 6.08 Å². The van der Waals surface area contributed by atoms with Crippen LogP contribution >= 0.6 is 0 Å². The molecule has 3 N–H and O–H groups in total. The molecule has 3 aromatic rings. The van der Waals surface area contributed by atoms with E-state index in [4.69, 9.17) is 0 Å². The summed E-state index contributed by atoms with van der Waals surface area (Å²) in [4.78, 5) is 7.46. The fourth-order valence-corrected chi connectivity index (χ4v) is 2.77. The van der Waals surface area contributed by atoms with Crippen LogP contribution in [-0.4, -0.2) is 20.2 Å². The third-order valence-electron chi connectivity index (χ3n) is 4.38. The van der Waals surface area contributed by atoms with Crippen molar-refractivity contribution in [2.45, 2.75) is 27.2 Å². The number of halogens is 1. The number of imidazole rings is 1. The van der Waals surface area contributed by atoms with Gasteiger partial charge in [0.1, 0.15) is 23.1 Å². The molecule has 1 heterocycles. The van der Waals surface area contributed by atoms with E-state index in [0.29, 0.717) is 45.5 Å². The van der Waals surface area contributed by atoms with Crippen molar-refractivity contribution in [3.05, 3.63) is 58.2 Å². The summed E-state index contributed by atoms with van der Waals surface area (Å²) in [6, 6.07) is 4.42. The molecule has 0 atom stereocenters. The molecule has 0 fully saturated rings. The first-order chi connectivity index (χ1) is 11.4. The normalized spacial score (nSPS) is 11.7. The maximum Gasteiger partial charge on any atom is 0.126 e. The lowest BCUT2D eigenvalue weighted by Gasteiger charge is -2.13. The highest BCUT2D eigenvalue weighted by atomic mass is 19.1. The summed E-state index contributed by atoms with van der Waals surface area (Å²) in [5, 5.41) is 20.4. The van der Waals surface area contributed by atoms with Gasteiger partial charge in [-0.1, -0.05) is 12.2 Å². The smallest absolute Gasteiger partial charge is 0.126 e. The minimum absolute atomic E-state index is 0.172. The van der Waals surface area contributed by atoms with Gasteiger partial charge >= 0.3 is 0 Å². The van der Waals surface area contributed by atoms with Crippen LogP contribution in [0, 0.1) is 26.6 Å². The zero-order valence-electron chi connectivity index (χ0n) is 13.8. The molecular weight excluding hydrogens is 307 g/mol. The predicted molar refractivity (Wildman–Crippen MR) is 92.8 cm³/mol. The Bertz CT molecular complexity index is 929. The Labute approximate surface area is 139 Å². The zero-order chi connectivity index (χ0) is 17.4. The molecule has 1 aromatic heterocycles. The highest BCUT2D eigenvalue weighted by molar-refractivity contribution is 5.75. The van der Waals surface area contributed by atoms with Gasteiger partial charge in [-0.25, -0.2) is 9.37 Å². The van der Waals surface area contributed by atoms with Gasteiger partial charge in [-0.3, -0.25) is 0 Å². The van der Waals surface area contributed by atoms with E-state index in [9.17, 15) is 14.6 Å². The second-order valence-corrected chi connectivity index (χ2v) is 5.94. The van der Waals surface area contributed by atoms with Gasteiger partial charge in [-0.2, -0.15) is 0 Å². The summed E-state index contributed by atoms with van der Waals surface area (Å²) < 4.78 is 13.2. The number of allylic oxidation sites excluding steroid dienone is 1. The monoisotopic (exact) mass is 326 g/mol. The molecular formula is C19H19FN2O2. The Hall–Kier alpha value is -2.82. The van der Waals surface area contributed by atoms with Gasteiger partial charge in [0.05, 0.1) is 11.0 Å². The van der Waals surface area contributed by atoms with E-state index in [-0.39, 0.29) is 17.3 Å². The topological polar surface area (TPSA) is 69.1 Å². The number of fused-ring (bicyclic) bond motifs is 1. The number of rotatable bonds is 3. The van der Waals surface area contributed by atoms with Crippen LogP contribution in [0.4, 0.5) is 4.39 Å². The van der Waals surface area contributed by atoms with E-state index in [0.717, 1.165) is 0 Å². The van der Waals surface area contributed by atoms with Crippen LogP contribution in [0.15, 0.2) is 24.3 Å². The van der Waals surface area contributed by atoms with Crippen LogP contribution in [0.25, 0.3) is 17.1 Å². The molecule has 0 saturated heterocycles. The first-order valence-corrected chi connectivity index (χ1v) is 7.71. The number of nitrogens with zero attached hydrogens (tertiary/aromatic N) is 1. The van der Waals surface area contributed by atoms with Crippen molar-refractivity contribution >= 4 is 17.1 Å². The van der Waals surface area contributed by atoms with Crippen molar-refractivity contribution in [2.24, 2.45) is 0 Å². The van der Waals surface area contributed by atoms with Gasteiger partial charge in [-0.15, -0.1) is 0 Å². The summed E-state index contributed by atoms with van der Waals surface area (Å²) >= 11 is 0. The molecule has 0 spiro atoms. The van der Waals surface area contributed by atoms with E-state index in [2.05, 4.69) is 9.97 Å². The predicted octanol–water partition coefficient (Wildman–Crippen LogP) is 4.29. The Balaban J connectivity index is 1.88. The molecule has 5 heteroatoms. The fraction of sp³-hybridized carbons (Fsp3) is 0.211. The maximum absolute atomic E-state index is 13.2. The molecule has 0 unspecified atom stereocenters. The minimum atomic E-state index is -0.306. The number of benzene rings is 2. The SMILES string of the molecule is Cc1c(C)c(O)c(/C=C/Cc2nc3ccc(F)cc3[nH]2)c(C)c1O. The van der Waals surface area contributed by atoms with Crippen LogP contribution in [0.1, 0.15) is 28.1 Å². The van der Waals surface area contributed by atoms with Gasteiger partial charge < -0.3 is 15.2 Å². The average Bonchev–Trinajstić information content (AvgIpc) is 2.96. The summed E-state index contributed by atoms with van der Waals surface area (Å²) in [6.45, 7) is 5.32. The maximum atomic E-state index is 13.2. The summed E-state index contributed by atoms with van der Waals surface area (Å²) in [5.41, 5.74) is 3.94. The number of aromatic amines is 1. The van der Waals surface area contributed by atoms with Gasteiger partial charge in [0.25, 0.3) is 0 Å². The number of aromatic hydroxyl groups is 2. The Morgan fingerprint density at radius 1 is 1.08 bits per heavy atom. The summed E-state index contributed by atoms with van der Waals surface area (Å²) in [7, 11) is 0. The van der Waals surface area contributed by atoms with Crippen LogP contribution in [0.3, 0.4) is 0 Å². The first kappa shape index (κ1) is 16.1. The van der Waals surface area contributed by atoms with Crippen molar-refractivity contribution in [1.29, 1.82) is 0 Å². The molecule has 0 radical (unpaired) electrons. The van der Waals surface area contributed by atoms with Crippen LogP contribution in [0.5, 0.6) is 11.5 Å². The number of aromatic nitrogens is 2. The molecule has 124 valence electrons. The number of hydrogen-bond donors (Lipinski definition) is 3. The average molecular weight is 326 g/mol. The highest BCUT2D eigenvalue weighted by Crippen LogP contribution is 2.36.